The van der Waals surface area contributed by atoms with Gasteiger partial charge in [0.15, 0.2) is 0 Å². The number of hydrogen-bond donors (Lipinski definition) is 1. The highest BCUT2D eigenvalue weighted by atomic mass is 16.5. The van der Waals surface area contributed by atoms with Gasteiger partial charge in [-0.2, -0.15) is 5.10 Å². The van der Waals surface area contributed by atoms with E-state index < -0.39 is 0 Å². The molecule has 0 saturated heterocycles. The van der Waals surface area contributed by atoms with Crippen molar-refractivity contribution in [1.82, 2.24) is 5.43 Å². The first-order valence-corrected chi connectivity index (χ1v) is 10.4. The largest absolute Gasteiger partial charge is 0.490 e. The van der Waals surface area contributed by atoms with Gasteiger partial charge in [0, 0.05) is 5.56 Å². The second-order valence-corrected chi connectivity index (χ2v) is 7.53. The van der Waals surface area contributed by atoms with Crippen LogP contribution >= 0.6 is 0 Å². The van der Waals surface area contributed by atoms with E-state index >= 15 is 0 Å². The molecular weight excluding hydrogens is 388 g/mol. The first-order chi connectivity index (χ1) is 15.0. The predicted molar refractivity (Wildman–Crippen MR) is 124 cm³/mol. The molecule has 0 unspecified atom stereocenters. The van der Waals surface area contributed by atoms with Crippen LogP contribution in [0.2, 0.25) is 0 Å². The summed E-state index contributed by atoms with van der Waals surface area (Å²) in [7, 11) is 0. The van der Waals surface area contributed by atoms with Crippen molar-refractivity contribution in [3.05, 3.63) is 95.1 Å². The SMILES string of the molecule is Cc1ccc(C(C)C)c(OCCOc2cccc(/C=N/NC(=O)c3ccccc3)c2)c1. The van der Waals surface area contributed by atoms with Crippen molar-refractivity contribution in [1.29, 1.82) is 0 Å². The van der Waals surface area contributed by atoms with Crippen LogP contribution in [0.5, 0.6) is 11.5 Å². The van der Waals surface area contributed by atoms with E-state index in [1.54, 1.807) is 18.3 Å². The first kappa shape index (κ1) is 22.1. The Morgan fingerprint density at radius 2 is 1.74 bits per heavy atom. The van der Waals surface area contributed by atoms with Crippen molar-refractivity contribution in [3.63, 3.8) is 0 Å². The Kier molecular flexibility index (Phi) is 7.82. The zero-order chi connectivity index (χ0) is 22.1. The van der Waals surface area contributed by atoms with Gasteiger partial charge in [-0.1, -0.05) is 56.3 Å². The van der Waals surface area contributed by atoms with Gasteiger partial charge in [0.05, 0.1) is 6.21 Å². The minimum Gasteiger partial charge on any atom is -0.490 e. The summed E-state index contributed by atoms with van der Waals surface area (Å²) >= 11 is 0. The number of nitrogens with zero attached hydrogens (tertiary/aromatic N) is 1. The summed E-state index contributed by atoms with van der Waals surface area (Å²) in [4.78, 5) is 12.0. The van der Waals surface area contributed by atoms with Crippen molar-refractivity contribution in [3.8, 4) is 11.5 Å². The summed E-state index contributed by atoms with van der Waals surface area (Å²) in [6.45, 7) is 7.25. The Hall–Kier alpha value is -3.60. The minimum absolute atomic E-state index is 0.252. The van der Waals surface area contributed by atoms with E-state index in [-0.39, 0.29) is 5.91 Å². The van der Waals surface area contributed by atoms with Crippen molar-refractivity contribution in [2.75, 3.05) is 13.2 Å². The fourth-order valence-electron chi connectivity index (χ4n) is 3.06. The lowest BCUT2D eigenvalue weighted by Gasteiger charge is -2.15. The van der Waals surface area contributed by atoms with E-state index in [1.807, 2.05) is 42.5 Å². The predicted octanol–water partition coefficient (Wildman–Crippen LogP) is 5.34. The lowest BCUT2D eigenvalue weighted by atomic mass is 10.0. The maximum Gasteiger partial charge on any atom is 0.271 e. The summed E-state index contributed by atoms with van der Waals surface area (Å²) in [6.07, 6.45) is 1.59. The molecule has 0 aliphatic rings. The van der Waals surface area contributed by atoms with Crippen LogP contribution in [0.25, 0.3) is 0 Å². The number of hydrogen-bond acceptors (Lipinski definition) is 4. The molecule has 1 N–H and O–H groups in total. The number of ether oxygens (including phenoxy) is 2. The second kappa shape index (κ2) is 11.0. The van der Waals surface area contributed by atoms with Gasteiger partial charge in [-0.25, -0.2) is 5.43 Å². The van der Waals surface area contributed by atoms with Crippen LogP contribution in [0.3, 0.4) is 0 Å². The van der Waals surface area contributed by atoms with Gasteiger partial charge in [-0.05, 0) is 59.9 Å². The van der Waals surface area contributed by atoms with Crippen molar-refractivity contribution in [2.24, 2.45) is 5.10 Å². The number of aryl methyl sites for hydroxylation is 1. The molecule has 0 radical (unpaired) electrons. The third-order valence-electron chi connectivity index (χ3n) is 4.67. The molecule has 0 bridgehead atoms. The molecule has 0 saturated carbocycles. The third-order valence-corrected chi connectivity index (χ3v) is 4.67. The molecule has 0 heterocycles. The van der Waals surface area contributed by atoms with Gasteiger partial charge in [-0.3, -0.25) is 4.79 Å². The van der Waals surface area contributed by atoms with Crippen LogP contribution in [0.15, 0.2) is 77.9 Å². The Morgan fingerprint density at radius 1 is 0.968 bits per heavy atom. The highest BCUT2D eigenvalue weighted by Crippen LogP contribution is 2.27. The lowest BCUT2D eigenvalue weighted by Crippen LogP contribution is -2.17. The number of nitrogens with one attached hydrogen (secondary N) is 1. The maximum absolute atomic E-state index is 12.0. The Labute approximate surface area is 183 Å². The summed E-state index contributed by atoms with van der Waals surface area (Å²) in [5, 5.41) is 4.02. The van der Waals surface area contributed by atoms with E-state index in [1.165, 1.54) is 11.1 Å². The molecule has 31 heavy (non-hydrogen) atoms. The molecule has 0 fully saturated rings. The zero-order valence-electron chi connectivity index (χ0n) is 18.2. The maximum atomic E-state index is 12.0. The Bertz CT molecular complexity index is 1030. The number of hydrazone groups is 1. The van der Waals surface area contributed by atoms with E-state index in [2.05, 4.69) is 49.5 Å². The normalized spacial score (nSPS) is 11.0. The average Bonchev–Trinajstić information content (AvgIpc) is 2.77. The Balaban J connectivity index is 1.50. The fraction of sp³-hybridized carbons (Fsp3) is 0.231. The molecule has 0 spiro atoms. The van der Waals surface area contributed by atoms with Crippen LogP contribution in [-0.2, 0) is 0 Å². The molecule has 3 aromatic carbocycles. The summed E-state index contributed by atoms with van der Waals surface area (Å²) < 4.78 is 11.8. The number of amides is 1. The summed E-state index contributed by atoms with van der Waals surface area (Å²) in [6, 6.07) is 22.8. The molecule has 1 amide bonds. The second-order valence-electron chi connectivity index (χ2n) is 7.53. The third kappa shape index (κ3) is 6.71. The fourth-order valence-corrected chi connectivity index (χ4v) is 3.06. The van der Waals surface area contributed by atoms with Gasteiger partial charge >= 0.3 is 0 Å². The highest BCUT2D eigenvalue weighted by molar-refractivity contribution is 5.94. The quantitative estimate of drug-likeness (QED) is 0.291. The highest BCUT2D eigenvalue weighted by Gasteiger charge is 2.08. The summed E-state index contributed by atoms with van der Waals surface area (Å²) in [5.41, 5.74) is 6.28. The first-order valence-electron chi connectivity index (χ1n) is 10.4. The van der Waals surface area contributed by atoms with Gasteiger partial charge in [-0.15, -0.1) is 0 Å². The zero-order valence-corrected chi connectivity index (χ0v) is 18.2. The molecule has 0 aromatic heterocycles. The molecule has 3 aromatic rings. The molecule has 3 rings (SSSR count). The Morgan fingerprint density at radius 3 is 2.52 bits per heavy atom. The minimum atomic E-state index is -0.252. The number of carbonyl (C=O) groups is 1. The van der Waals surface area contributed by atoms with Crippen molar-refractivity contribution < 1.29 is 14.3 Å². The standard InChI is InChI=1S/C26H28N2O3/c1-19(2)24-13-12-20(3)16-25(24)31-15-14-30-23-11-7-8-21(17-23)18-27-28-26(29)22-9-5-4-6-10-22/h4-13,16-19H,14-15H2,1-3H3,(H,28,29)/b27-18+. The van der Waals surface area contributed by atoms with Crippen LogP contribution in [0.4, 0.5) is 0 Å². The molecule has 160 valence electrons. The van der Waals surface area contributed by atoms with Gasteiger partial charge in [0.2, 0.25) is 0 Å². The van der Waals surface area contributed by atoms with Crippen molar-refractivity contribution >= 4 is 12.1 Å². The van der Waals surface area contributed by atoms with Gasteiger partial charge < -0.3 is 9.47 Å². The number of benzene rings is 3. The molecule has 0 atom stereocenters. The van der Waals surface area contributed by atoms with E-state index in [9.17, 15) is 4.79 Å². The number of carbonyl (C=O) groups excluding carboxylic acids is 1. The molecule has 0 aliphatic carbocycles. The molecule has 0 aliphatic heterocycles. The topological polar surface area (TPSA) is 59.9 Å². The van der Waals surface area contributed by atoms with Crippen molar-refractivity contribution in [2.45, 2.75) is 26.7 Å². The molecular formula is C26H28N2O3. The molecule has 5 nitrogen and oxygen atoms in total. The average molecular weight is 417 g/mol. The molecule has 5 heteroatoms. The van der Waals surface area contributed by atoms with Crippen LogP contribution in [-0.4, -0.2) is 25.3 Å². The van der Waals surface area contributed by atoms with E-state index in [0.29, 0.717) is 24.7 Å². The smallest absolute Gasteiger partial charge is 0.271 e. The van der Waals surface area contributed by atoms with E-state index in [0.717, 1.165) is 17.1 Å². The monoisotopic (exact) mass is 416 g/mol. The lowest BCUT2D eigenvalue weighted by molar-refractivity contribution is 0.0955. The van der Waals surface area contributed by atoms with Crippen LogP contribution in [0, 0.1) is 6.92 Å². The van der Waals surface area contributed by atoms with Gasteiger partial charge in [0.25, 0.3) is 5.91 Å². The van der Waals surface area contributed by atoms with Crippen LogP contribution < -0.4 is 14.9 Å². The van der Waals surface area contributed by atoms with E-state index in [4.69, 9.17) is 9.47 Å². The van der Waals surface area contributed by atoms with Crippen LogP contribution in [0.1, 0.15) is 46.8 Å². The number of rotatable bonds is 9. The summed E-state index contributed by atoms with van der Waals surface area (Å²) in [5.74, 6) is 1.78. The van der Waals surface area contributed by atoms with Gasteiger partial charge in [0.1, 0.15) is 24.7 Å².